The summed E-state index contributed by atoms with van der Waals surface area (Å²) in [5, 5.41) is 33.1. The van der Waals surface area contributed by atoms with E-state index < -0.39 is 11.5 Å². The highest BCUT2D eigenvalue weighted by molar-refractivity contribution is 6.32. The lowest BCUT2D eigenvalue weighted by Crippen LogP contribution is -2.39. The number of nitrogens with one attached hydrogen (secondary N) is 1. The van der Waals surface area contributed by atoms with Gasteiger partial charge in [0.1, 0.15) is 6.07 Å². The van der Waals surface area contributed by atoms with Gasteiger partial charge in [-0.3, -0.25) is 4.79 Å². The van der Waals surface area contributed by atoms with Crippen LogP contribution in [0.2, 0.25) is 5.02 Å². The normalized spacial score (nSPS) is 13.0. The molecule has 0 aliphatic rings. The van der Waals surface area contributed by atoms with Gasteiger partial charge in [-0.1, -0.05) is 11.6 Å². The lowest BCUT2D eigenvalue weighted by Gasteiger charge is -2.21. The molecule has 6 nitrogen and oxygen atoms in total. The molecule has 0 spiro atoms. The minimum absolute atomic E-state index is 0.155. The second-order valence-corrected chi connectivity index (χ2v) is 5.19. The summed E-state index contributed by atoms with van der Waals surface area (Å²) in [5.74, 6) is -0.723. The zero-order valence-corrected chi connectivity index (χ0v) is 12.3. The van der Waals surface area contributed by atoms with Crippen molar-refractivity contribution in [2.75, 3.05) is 5.32 Å². The van der Waals surface area contributed by atoms with Gasteiger partial charge in [-0.2, -0.15) is 9.99 Å². The summed E-state index contributed by atoms with van der Waals surface area (Å²) < 4.78 is 0.496. The molecular formula is C15H12ClN3O3. The van der Waals surface area contributed by atoms with Crippen molar-refractivity contribution >= 4 is 23.2 Å². The van der Waals surface area contributed by atoms with Crippen LogP contribution in [0.5, 0.6) is 0 Å². The summed E-state index contributed by atoms with van der Waals surface area (Å²) in [7, 11) is 0. The number of hydrogen-bond donors (Lipinski definition) is 2. The molecule has 0 aliphatic heterocycles. The quantitative estimate of drug-likeness (QED) is 0.664. The Morgan fingerprint density at radius 2 is 2.23 bits per heavy atom. The van der Waals surface area contributed by atoms with Gasteiger partial charge in [0.25, 0.3) is 5.91 Å². The van der Waals surface area contributed by atoms with E-state index in [1.54, 1.807) is 0 Å². The molecule has 112 valence electrons. The van der Waals surface area contributed by atoms with Crippen LogP contribution in [0.25, 0.3) is 0 Å². The van der Waals surface area contributed by atoms with Crippen molar-refractivity contribution in [1.29, 1.82) is 5.26 Å². The van der Waals surface area contributed by atoms with E-state index >= 15 is 0 Å². The van der Waals surface area contributed by atoms with Gasteiger partial charge in [-0.05, 0) is 31.2 Å². The van der Waals surface area contributed by atoms with Crippen LogP contribution in [0.1, 0.15) is 18.1 Å². The zero-order valence-electron chi connectivity index (χ0n) is 11.6. The second-order valence-electron chi connectivity index (χ2n) is 4.79. The van der Waals surface area contributed by atoms with Crippen molar-refractivity contribution in [1.82, 2.24) is 0 Å². The first kappa shape index (κ1) is 15.8. The Bertz CT molecular complexity index is 769. The van der Waals surface area contributed by atoms with Crippen LogP contribution < -0.4 is 10.0 Å². The molecule has 7 heteroatoms. The third-order valence-electron chi connectivity index (χ3n) is 3.13. The molecule has 2 aromatic rings. The molecule has 0 saturated heterocycles. The molecule has 0 bridgehead atoms. The molecule has 1 aromatic heterocycles. The van der Waals surface area contributed by atoms with E-state index in [1.165, 1.54) is 43.5 Å². The monoisotopic (exact) mass is 317 g/mol. The first-order chi connectivity index (χ1) is 10.3. The average Bonchev–Trinajstić information content (AvgIpc) is 2.47. The van der Waals surface area contributed by atoms with Gasteiger partial charge < -0.3 is 15.6 Å². The first-order valence-corrected chi connectivity index (χ1v) is 6.65. The molecule has 2 N–H and O–H groups in total. The fourth-order valence-electron chi connectivity index (χ4n) is 1.81. The summed E-state index contributed by atoms with van der Waals surface area (Å²) >= 11 is 5.88. The first-order valence-electron chi connectivity index (χ1n) is 6.27. The lowest BCUT2D eigenvalue weighted by molar-refractivity contribution is -0.606. The number of carbonyl (C=O) groups is 1. The highest BCUT2D eigenvalue weighted by Crippen LogP contribution is 2.24. The third-order valence-corrected chi connectivity index (χ3v) is 3.44. The number of halogens is 1. The Morgan fingerprint density at radius 1 is 1.50 bits per heavy atom. The van der Waals surface area contributed by atoms with Crippen LogP contribution in [0.4, 0.5) is 5.69 Å². The van der Waals surface area contributed by atoms with Crippen molar-refractivity contribution in [2.45, 2.75) is 12.5 Å². The van der Waals surface area contributed by atoms with Crippen LogP contribution in [-0.4, -0.2) is 11.0 Å². The smallest absolute Gasteiger partial charge is 0.260 e. The summed E-state index contributed by atoms with van der Waals surface area (Å²) in [4.78, 5) is 12.2. The molecule has 0 saturated carbocycles. The predicted octanol–water partition coefficient (Wildman–Crippen LogP) is 1.69. The largest absolute Gasteiger partial charge is 0.619 e. The Kier molecular flexibility index (Phi) is 4.31. The molecular weight excluding hydrogens is 306 g/mol. The number of anilines is 1. The highest BCUT2D eigenvalue weighted by Gasteiger charge is 2.34. The van der Waals surface area contributed by atoms with Crippen molar-refractivity contribution < 1.29 is 14.6 Å². The number of rotatable bonds is 3. The van der Waals surface area contributed by atoms with E-state index in [4.69, 9.17) is 16.9 Å². The van der Waals surface area contributed by atoms with E-state index in [9.17, 15) is 15.1 Å². The molecule has 1 unspecified atom stereocenters. The van der Waals surface area contributed by atoms with E-state index in [1.807, 2.05) is 6.07 Å². The number of aromatic nitrogens is 1. The lowest BCUT2D eigenvalue weighted by atomic mass is 9.96. The second kappa shape index (κ2) is 6.02. The maximum absolute atomic E-state index is 12.2. The molecule has 1 heterocycles. The molecule has 1 amide bonds. The summed E-state index contributed by atoms with van der Waals surface area (Å²) in [5.41, 5.74) is -1.13. The SMILES string of the molecule is CC(O)(C(=O)Nc1ccc(C#N)c(Cl)c1)c1ccc[n+]([O-])c1. The van der Waals surface area contributed by atoms with Gasteiger partial charge in [-0.15, -0.1) is 0 Å². The Balaban J connectivity index is 2.24. The number of nitrogens with zero attached hydrogens (tertiary/aromatic N) is 2. The Labute approximate surface area is 131 Å². The summed E-state index contributed by atoms with van der Waals surface area (Å²) in [6, 6.07) is 9.18. The van der Waals surface area contributed by atoms with Gasteiger partial charge in [0, 0.05) is 11.8 Å². The maximum atomic E-state index is 12.2. The van der Waals surface area contributed by atoms with Crippen molar-refractivity contribution in [3.8, 4) is 6.07 Å². The molecule has 1 aromatic carbocycles. The topological polar surface area (TPSA) is 100 Å². The van der Waals surface area contributed by atoms with Gasteiger partial charge in [0.05, 0.1) is 16.1 Å². The van der Waals surface area contributed by atoms with E-state index in [-0.39, 0.29) is 16.1 Å². The number of aliphatic hydroxyl groups is 1. The van der Waals surface area contributed by atoms with Gasteiger partial charge in [0.2, 0.25) is 0 Å². The minimum Gasteiger partial charge on any atom is -0.619 e. The number of pyridine rings is 1. The number of benzene rings is 1. The van der Waals surface area contributed by atoms with Crippen molar-refractivity contribution in [3.05, 3.63) is 64.1 Å². The zero-order chi connectivity index (χ0) is 16.3. The number of carbonyl (C=O) groups excluding carboxylic acids is 1. The number of amides is 1. The third kappa shape index (κ3) is 3.17. The van der Waals surface area contributed by atoms with E-state index in [0.29, 0.717) is 10.4 Å². The molecule has 2 rings (SSSR count). The average molecular weight is 318 g/mol. The number of nitriles is 1. The van der Waals surface area contributed by atoms with Crippen molar-refractivity contribution in [2.24, 2.45) is 0 Å². The minimum atomic E-state index is -1.90. The highest BCUT2D eigenvalue weighted by atomic mass is 35.5. The fourth-order valence-corrected chi connectivity index (χ4v) is 2.03. The predicted molar refractivity (Wildman–Crippen MR) is 79.8 cm³/mol. The van der Waals surface area contributed by atoms with Gasteiger partial charge in [0.15, 0.2) is 18.0 Å². The molecule has 22 heavy (non-hydrogen) atoms. The molecule has 0 aliphatic carbocycles. The van der Waals surface area contributed by atoms with Crippen LogP contribution >= 0.6 is 11.6 Å². The van der Waals surface area contributed by atoms with E-state index in [0.717, 1.165) is 6.20 Å². The molecule has 0 fully saturated rings. The van der Waals surface area contributed by atoms with Crippen LogP contribution in [-0.2, 0) is 10.4 Å². The molecule has 1 atom stereocenters. The number of hydrogen-bond acceptors (Lipinski definition) is 4. The van der Waals surface area contributed by atoms with Gasteiger partial charge >= 0.3 is 0 Å². The van der Waals surface area contributed by atoms with Crippen LogP contribution in [0, 0.1) is 16.5 Å². The summed E-state index contributed by atoms with van der Waals surface area (Å²) in [6.45, 7) is 1.28. The summed E-state index contributed by atoms with van der Waals surface area (Å²) in [6.07, 6.45) is 2.36. The van der Waals surface area contributed by atoms with Crippen LogP contribution in [0.15, 0.2) is 42.7 Å². The fraction of sp³-hybridized carbons (Fsp3) is 0.133. The maximum Gasteiger partial charge on any atom is 0.260 e. The molecule has 0 radical (unpaired) electrons. The Hall–Kier alpha value is -2.62. The van der Waals surface area contributed by atoms with Crippen molar-refractivity contribution in [3.63, 3.8) is 0 Å². The Morgan fingerprint density at radius 3 is 2.82 bits per heavy atom. The van der Waals surface area contributed by atoms with Gasteiger partial charge in [-0.25, -0.2) is 0 Å². The standard InChI is InChI=1S/C15H12ClN3O3/c1-15(21,11-3-2-6-19(22)9-11)14(20)18-12-5-4-10(8-17)13(16)7-12/h2-7,9,21H,1H3,(H,18,20). The van der Waals surface area contributed by atoms with Crippen LogP contribution in [0.3, 0.4) is 0 Å². The van der Waals surface area contributed by atoms with E-state index in [2.05, 4.69) is 5.32 Å².